The summed E-state index contributed by atoms with van der Waals surface area (Å²) in [5.74, 6) is -1.08. The second-order valence-electron chi connectivity index (χ2n) is 9.40. The summed E-state index contributed by atoms with van der Waals surface area (Å²) in [6.07, 6.45) is -1.13. The number of carboxylic acid groups (broad SMARTS) is 1. The first-order valence-corrected chi connectivity index (χ1v) is 13.3. The predicted octanol–water partition coefficient (Wildman–Crippen LogP) is 6.69. The van der Waals surface area contributed by atoms with Gasteiger partial charge in [-0.3, -0.25) is 4.79 Å². The van der Waals surface area contributed by atoms with Crippen LogP contribution in [-0.4, -0.2) is 59.8 Å². The Morgan fingerprint density at radius 1 is 1.02 bits per heavy atom. The third-order valence-corrected chi connectivity index (χ3v) is 7.03. The van der Waals surface area contributed by atoms with Crippen LogP contribution in [0.2, 0.25) is 15.1 Å². The van der Waals surface area contributed by atoms with Crippen molar-refractivity contribution >= 4 is 69.3 Å². The Morgan fingerprint density at radius 2 is 1.60 bits per heavy atom. The molecule has 0 radical (unpaired) electrons. The molecular formula is C26H27Cl3F3N5O3. The minimum atomic E-state index is -5.08. The van der Waals surface area contributed by atoms with Crippen LogP contribution in [0, 0.1) is 5.92 Å². The second kappa shape index (κ2) is 13.6. The van der Waals surface area contributed by atoms with Crippen LogP contribution in [0.3, 0.4) is 0 Å². The molecule has 14 heteroatoms. The topological polar surface area (TPSA) is 107 Å². The van der Waals surface area contributed by atoms with Gasteiger partial charge in [-0.25, -0.2) is 9.78 Å². The van der Waals surface area contributed by atoms with Crippen molar-refractivity contribution in [2.45, 2.75) is 37.9 Å². The molecule has 1 aliphatic rings. The number of carbonyl (C=O) groups excluding carboxylic acids is 1. The molecule has 1 aromatic heterocycles. The highest BCUT2D eigenvalue weighted by Gasteiger charge is 2.38. The van der Waals surface area contributed by atoms with Crippen molar-refractivity contribution in [1.29, 1.82) is 0 Å². The van der Waals surface area contributed by atoms with Crippen LogP contribution in [0.1, 0.15) is 36.0 Å². The van der Waals surface area contributed by atoms with Gasteiger partial charge >= 0.3 is 12.1 Å². The molecule has 3 aromatic rings. The molecule has 0 bridgehead atoms. The van der Waals surface area contributed by atoms with E-state index in [-0.39, 0.29) is 21.5 Å². The van der Waals surface area contributed by atoms with Gasteiger partial charge in [0.1, 0.15) is 5.82 Å². The normalized spacial score (nSPS) is 17.0. The number of carbonyl (C=O) groups is 2. The number of nitrogens with one attached hydrogen (secondary N) is 2. The Morgan fingerprint density at radius 3 is 2.15 bits per heavy atom. The molecule has 216 valence electrons. The van der Waals surface area contributed by atoms with Crippen LogP contribution in [0.25, 0.3) is 10.9 Å². The lowest BCUT2D eigenvalue weighted by atomic mass is 9.86. The fourth-order valence-corrected chi connectivity index (χ4v) is 5.23. The summed E-state index contributed by atoms with van der Waals surface area (Å²) >= 11 is 18.3. The van der Waals surface area contributed by atoms with Crippen LogP contribution >= 0.6 is 34.8 Å². The van der Waals surface area contributed by atoms with Crippen molar-refractivity contribution < 1.29 is 27.9 Å². The first-order chi connectivity index (χ1) is 18.8. The van der Waals surface area contributed by atoms with Crippen LogP contribution in [0.15, 0.2) is 36.4 Å². The molecule has 0 spiro atoms. The van der Waals surface area contributed by atoms with Crippen LogP contribution in [-0.2, 0) is 4.79 Å². The Bertz CT molecular complexity index is 1340. The van der Waals surface area contributed by atoms with Crippen molar-refractivity contribution in [3.63, 3.8) is 0 Å². The number of hydrogen-bond acceptors (Lipinski definition) is 6. The number of nitrogens with zero attached hydrogens (tertiary/aromatic N) is 3. The molecular weight excluding hydrogens is 594 g/mol. The van der Waals surface area contributed by atoms with Crippen molar-refractivity contribution in [2.75, 3.05) is 30.9 Å². The maximum atomic E-state index is 12.6. The SMILES string of the molecule is CN(C)c1nc(NC2CCC(CNC(=O)c3c(Cl)cc(Cl)cc3Cl)CC2)nc2ccccc12.O=C(O)C(F)(F)F. The lowest BCUT2D eigenvalue weighted by Crippen LogP contribution is -2.34. The number of aromatic nitrogens is 2. The van der Waals surface area contributed by atoms with Crippen molar-refractivity contribution in [3.05, 3.63) is 57.0 Å². The number of fused-ring (bicyclic) bond motifs is 1. The van der Waals surface area contributed by atoms with Gasteiger partial charge < -0.3 is 20.6 Å². The number of carboxylic acids is 1. The number of halogens is 6. The van der Waals surface area contributed by atoms with E-state index >= 15 is 0 Å². The third-order valence-electron chi connectivity index (χ3n) is 6.21. The summed E-state index contributed by atoms with van der Waals surface area (Å²) in [7, 11) is 3.98. The first kappa shape index (κ1) is 31.5. The van der Waals surface area contributed by atoms with Gasteiger partial charge in [0.05, 0.1) is 21.1 Å². The zero-order chi connectivity index (χ0) is 29.6. The summed E-state index contributed by atoms with van der Waals surface area (Å²) < 4.78 is 31.7. The fraction of sp³-hybridized carbons (Fsp3) is 0.385. The highest BCUT2D eigenvalue weighted by Crippen LogP contribution is 2.30. The van der Waals surface area contributed by atoms with E-state index in [0.717, 1.165) is 42.4 Å². The maximum absolute atomic E-state index is 12.6. The van der Waals surface area contributed by atoms with Gasteiger partial charge in [-0.05, 0) is 55.9 Å². The molecule has 40 heavy (non-hydrogen) atoms. The molecule has 2 aromatic carbocycles. The molecule has 1 amide bonds. The summed E-state index contributed by atoms with van der Waals surface area (Å²) in [6.45, 7) is 0.581. The quantitative estimate of drug-likeness (QED) is 0.282. The fourth-order valence-electron chi connectivity index (χ4n) is 4.24. The van der Waals surface area contributed by atoms with E-state index in [1.54, 1.807) is 0 Å². The summed E-state index contributed by atoms with van der Waals surface area (Å²) in [5, 5.41) is 15.6. The summed E-state index contributed by atoms with van der Waals surface area (Å²) in [5.41, 5.74) is 1.19. The monoisotopic (exact) mass is 619 g/mol. The molecule has 0 atom stereocenters. The zero-order valence-corrected chi connectivity index (χ0v) is 23.8. The number of benzene rings is 2. The molecule has 1 fully saturated rings. The molecule has 0 aliphatic heterocycles. The highest BCUT2D eigenvalue weighted by molar-refractivity contribution is 6.42. The first-order valence-electron chi connectivity index (χ1n) is 12.2. The van der Waals surface area contributed by atoms with Crippen molar-refractivity contribution in [3.8, 4) is 0 Å². The van der Waals surface area contributed by atoms with Crippen LogP contribution < -0.4 is 15.5 Å². The number of hydrogen-bond donors (Lipinski definition) is 3. The zero-order valence-electron chi connectivity index (χ0n) is 21.5. The Labute approximate surface area is 243 Å². The van der Waals surface area contributed by atoms with Gasteiger partial charge in [0, 0.05) is 37.1 Å². The van der Waals surface area contributed by atoms with Crippen LogP contribution in [0.4, 0.5) is 24.9 Å². The molecule has 1 saturated carbocycles. The van der Waals surface area contributed by atoms with Crippen molar-refractivity contribution in [2.24, 2.45) is 5.92 Å². The minimum absolute atomic E-state index is 0.255. The van der Waals surface area contributed by atoms with Crippen LogP contribution in [0.5, 0.6) is 0 Å². The smallest absolute Gasteiger partial charge is 0.475 e. The van der Waals surface area contributed by atoms with Gasteiger partial charge in [0.25, 0.3) is 5.91 Å². The standard InChI is InChI=1S/C24H26Cl3N5O.C2HF3O2/c1-32(2)22-17-5-3-4-6-20(17)30-24(31-22)29-16-9-7-14(8-10-16)13-28-23(33)21-18(26)11-15(25)12-19(21)27;3-2(4,5)1(6)7/h3-6,11-12,14,16H,7-10,13H2,1-2H3,(H,28,33)(H,29,30,31);(H,6,7). The number of amides is 1. The largest absolute Gasteiger partial charge is 0.490 e. The van der Waals surface area contributed by atoms with E-state index in [1.165, 1.54) is 12.1 Å². The number of aliphatic carboxylic acids is 1. The van der Waals surface area contributed by atoms with E-state index in [2.05, 4.69) is 10.6 Å². The maximum Gasteiger partial charge on any atom is 0.490 e. The molecule has 8 nitrogen and oxygen atoms in total. The predicted molar refractivity (Wildman–Crippen MR) is 151 cm³/mol. The lowest BCUT2D eigenvalue weighted by Gasteiger charge is -2.29. The Balaban J connectivity index is 0.000000559. The molecule has 4 rings (SSSR count). The van der Waals surface area contributed by atoms with Gasteiger partial charge in [-0.15, -0.1) is 0 Å². The summed E-state index contributed by atoms with van der Waals surface area (Å²) in [4.78, 5) is 32.9. The van der Waals surface area contributed by atoms with E-state index in [4.69, 9.17) is 54.7 Å². The van der Waals surface area contributed by atoms with Gasteiger partial charge in [-0.1, -0.05) is 46.9 Å². The number of rotatable bonds is 6. The minimum Gasteiger partial charge on any atom is -0.475 e. The van der Waals surface area contributed by atoms with E-state index in [9.17, 15) is 18.0 Å². The summed E-state index contributed by atoms with van der Waals surface area (Å²) in [6, 6.07) is 11.4. The van der Waals surface area contributed by atoms with Gasteiger partial charge in [0.2, 0.25) is 5.95 Å². The van der Waals surface area contributed by atoms with E-state index < -0.39 is 12.1 Å². The Hall–Kier alpha value is -3.02. The number of para-hydroxylation sites is 1. The number of alkyl halides is 3. The van der Waals surface area contributed by atoms with Gasteiger partial charge in [0.15, 0.2) is 0 Å². The number of anilines is 2. The second-order valence-corrected chi connectivity index (χ2v) is 10.7. The molecule has 1 aliphatic carbocycles. The Kier molecular flexibility index (Phi) is 10.7. The third kappa shape index (κ3) is 8.49. The van der Waals surface area contributed by atoms with Crippen molar-refractivity contribution in [1.82, 2.24) is 15.3 Å². The molecule has 1 heterocycles. The highest BCUT2D eigenvalue weighted by atomic mass is 35.5. The average molecular weight is 621 g/mol. The molecule has 0 unspecified atom stereocenters. The molecule has 0 saturated heterocycles. The van der Waals surface area contributed by atoms with Gasteiger partial charge in [-0.2, -0.15) is 18.2 Å². The average Bonchev–Trinajstić information content (AvgIpc) is 2.87. The van der Waals surface area contributed by atoms with E-state index in [0.29, 0.717) is 29.5 Å². The molecule has 3 N–H and O–H groups in total. The lowest BCUT2D eigenvalue weighted by molar-refractivity contribution is -0.192. The van der Waals surface area contributed by atoms with E-state index in [1.807, 2.05) is 43.3 Å².